The Bertz CT molecular complexity index is 835. The number of amides is 1. The molecule has 1 aliphatic rings. The van der Waals surface area contributed by atoms with Crippen molar-refractivity contribution in [1.29, 1.82) is 0 Å². The molecule has 1 saturated heterocycles. The minimum atomic E-state index is -3.18. The zero-order valence-electron chi connectivity index (χ0n) is 12.2. The maximum Gasteiger partial charge on any atom is 0.256 e. The predicted molar refractivity (Wildman–Crippen MR) is 99.3 cm³/mol. The lowest BCUT2D eigenvalue weighted by atomic mass is 10.2. The fraction of sp³-hybridized carbons (Fsp3) is 0.188. The summed E-state index contributed by atoms with van der Waals surface area (Å²) in [7, 11) is -3.18. The zero-order chi connectivity index (χ0) is 16.4. The molecule has 0 aromatic heterocycles. The summed E-state index contributed by atoms with van der Waals surface area (Å²) in [4.78, 5) is 12.3. The maximum atomic E-state index is 12.3. The van der Waals surface area contributed by atoms with Gasteiger partial charge in [0, 0.05) is 15.8 Å². The van der Waals surface area contributed by atoms with Crippen LogP contribution >= 0.6 is 22.6 Å². The lowest BCUT2D eigenvalue weighted by molar-refractivity contribution is 0.102. The van der Waals surface area contributed by atoms with E-state index >= 15 is 0 Å². The van der Waals surface area contributed by atoms with Crippen LogP contribution in [0.15, 0.2) is 48.5 Å². The molecule has 0 atom stereocenters. The third kappa shape index (κ3) is 3.50. The van der Waals surface area contributed by atoms with Crippen LogP contribution in [0.4, 0.5) is 11.4 Å². The standard InChI is InChI=1S/C16H15IN2O3S/c17-15-5-2-1-4-14(15)16(20)18-12-6-8-13(9-7-12)19-10-3-11-23(19,21)22/h1-2,4-9H,3,10-11H2,(H,18,20). The molecule has 23 heavy (non-hydrogen) atoms. The molecule has 0 radical (unpaired) electrons. The number of carbonyl (C=O) groups excluding carboxylic acids is 1. The summed E-state index contributed by atoms with van der Waals surface area (Å²) >= 11 is 2.12. The topological polar surface area (TPSA) is 66.5 Å². The molecule has 3 rings (SSSR count). The molecule has 5 nitrogen and oxygen atoms in total. The second-order valence-corrected chi connectivity index (χ2v) is 8.40. The smallest absolute Gasteiger partial charge is 0.256 e. The van der Waals surface area contributed by atoms with Gasteiger partial charge in [-0.05, 0) is 65.4 Å². The molecular weight excluding hydrogens is 427 g/mol. The van der Waals surface area contributed by atoms with Crippen molar-refractivity contribution in [3.63, 3.8) is 0 Å². The Kier molecular flexibility index (Phi) is 4.58. The monoisotopic (exact) mass is 442 g/mol. The highest BCUT2D eigenvalue weighted by atomic mass is 127. The van der Waals surface area contributed by atoms with Crippen LogP contribution in [0.2, 0.25) is 0 Å². The molecule has 120 valence electrons. The van der Waals surface area contributed by atoms with Crippen LogP contribution in [-0.4, -0.2) is 26.6 Å². The third-order valence-corrected chi connectivity index (χ3v) is 6.44. The molecule has 1 fully saturated rings. The number of sulfonamides is 1. The number of carbonyl (C=O) groups is 1. The molecule has 2 aromatic carbocycles. The van der Waals surface area contributed by atoms with E-state index in [1.807, 2.05) is 18.2 Å². The maximum absolute atomic E-state index is 12.3. The van der Waals surface area contributed by atoms with Crippen molar-refractivity contribution in [3.05, 3.63) is 57.7 Å². The number of hydrogen-bond acceptors (Lipinski definition) is 3. The Morgan fingerprint density at radius 1 is 1.09 bits per heavy atom. The van der Waals surface area contributed by atoms with Gasteiger partial charge in [-0.1, -0.05) is 12.1 Å². The van der Waals surface area contributed by atoms with E-state index in [9.17, 15) is 13.2 Å². The fourth-order valence-electron chi connectivity index (χ4n) is 2.48. The molecule has 0 unspecified atom stereocenters. The van der Waals surface area contributed by atoms with Crippen molar-refractivity contribution in [2.45, 2.75) is 6.42 Å². The minimum absolute atomic E-state index is 0.184. The molecule has 2 aromatic rings. The molecule has 1 heterocycles. The van der Waals surface area contributed by atoms with E-state index in [1.54, 1.807) is 30.3 Å². The van der Waals surface area contributed by atoms with Crippen molar-refractivity contribution >= 4 is 49.9 Å². The zero-order valence-corrected chi connectivity index (χ0v) is 15.2. The van der Waals surface area contributed by atoms with Crippen LogP contribution in [-0.2, 0) is 10.0 Å². The van der Waals surface area contributed by atoms with Crippen LogP contribution in [0.5, 0.6) is 0 Å². The Morgan fingerprint density at radius 2 is 1.78 bits per heavy atom. The summed E-state index contributed by atoms with van der Waals surface area (Å²) < 4.78 is 26.1. The first kappa shape index (κ1) is 16.3. The van der Waals surface area contributed by atoms with Crippen molar-refractivity contribution in [3.8, 4) is 0 Å². The number of benzene rings is 2. The Balaban J connectivity index is 1.76. The lowest BCUT2D eigenvalue weighted by Crippen LogP contribution is -2.25. The SMILES string of the molecule is O=C(Nc1ccc(N2CCCS2(=O)=O)cc1)c1ccccc1I. The summed E-state index contributed by atoms with van der Waals surface area (Å²) in [6.07, 6.45) is 0.646. The van der Waals surface area contributed by atoms with Crippen molar-refractivity contribution in [2.75, 3.05) is 21.9 Å². The summed E-state index contributed by atoms with van der Waals surface area (Å²) in [6.45, 7) is 0.510. The molecule has 0 aliphatic carbocycles. The number of anilines is 2. The molecule has 0 bridgehead atoms. The first-order chi connectivity index (χ1) is 11.0. The highest BCUT2D eigenvalue weighted by Crippen LogP contribution is 2.25. The number of rotatable bonds is 3. The van der Waals surface area contributed by atoms with Gasteiger partial charge < -0.3 is 5.32 Å². The van der Waals surface area contributed by atoms with Gasteiger partial charge in [-0.3, -0.25) is 9.10 Å². The van der Waals surface area contributed by atoms with E-state index in [1.165, 1.54) is 4.31 Å². The van der Waals surface area contributed by atoms with Crippen LogP contribution in [0.25, 0.3) is 0 Å². The largest absolute Gasteiger partial charge is 0.322 e. The van der Waals surface area contributed by atoms with Gasteiger partial charge in [0.05, 0.1) is 17.0 Å². The Morgan fingerprint density at radius 3 is 2.39 bits per heavy atom. The predicted octanol–water partition coefficient (Wildman–Crippen LogP) is 3.08. The highest BCUT2D eigenvalue weighted by Gasteiger charge is 2.28. The average molecular weight is 442 g/mol. The quantitative estimate of drug-likeness (QED) is 0.744. The van der Waals surface area contributed by atoms with E-state index in [2.05, 4.69) is 27.9 Å². The molecule has 7 heteroatoms. The van der Waals surface area contributed by atoms with Crippen molar-refractivity contribution in [2.24, 2.45) is 0 Å². The Labute approximate surface area is 148 Å². The first-order valence-corrected chi connectivity index (χ1v) is 9.82. The van der Waals surface area contributed by atoms with E-state index in [0.717, 1.165) is 3.57 Å². The van der Waals surface area contributed by atoms with Crippen LogP contribution in [0.1, 0.15) is 16.8 Å². The molecule has 0 saturated carbocycles. The van der Waals surface area contributed by atoms with E-state index in [4.69, 9.17) is 0 Å². The summed E-state index contributed by atoms with van der Waals surface area (Å²) in [5.74, 6) is 0.00864. The first-order valence-electron chi connectivity index (χ1n) is 7.14. The van der Waals surface area contributed by atoms with Crippen LogP contribution < -0.4 is 9.62 Å². The normalized spacial score (nSPS) is 16.3. The molecule has 1 amide bonds. The number of nitrogens with one attached hydrogen (secondary N) is 1. The summed E-state index contributed by atoms with van der Waals surface area (Å²) in [5, 5.41) is 2.83. The van der Waals surface area contributed by atoms with Crippen LogP contribution in [0.3, 0.4) is 0 Å². The van der Waals surface area contributed by atoms with Crippen molar-refractivity contribution in [1.82, 2.24) is 0 Å². The van der Waals surface area contributed by atoms with Gasteiger partial charge in [0.25, 0.3) is 5.91 Å². The third-order valence-electron chi connectivity index (χ3n) is 3.63. The second-order valence-electron chi connectivity index (χ2n) is 5.22. The van der Waals surface area contributed by atoms with E-state index in [-0.39, 0.29) is 11.7 Å². The average Bonchev–Trinajstić information content (AvgIpc) is 2.88. The van der Waals surface area contributed by atoms with Crippen molar-refractivity contribution < 1.29 is 13.2 Å². The minimum Gasteiger partial charge on any atom is -0.322 e. The Hall–Kier alpha value is -1.61. The second kappa shape index (κ2) is 6.48. The fourth-order valence-corrected chi connectivity index (χ4v) is 4.68. The van der Waals surface area contributed by atoms with Gasteiger partial charge in [-0.15, -0.1) is 0 Å². The lowest BCUT2D eigenvalue weighted by Gasteiger charge is -2.17. The van der Waals surface area contributed by atoms with Gasteiger partial charge in [-0.25, -0.2) is 8.42 Å². The van der Waals surface area contributed by atoms with Gasteiger partial charge >= 0.3 is 0 Å². The van der Waals surface area contributed by atoms with E-state index < -0.39 is 10.0 Å². The van der Waals surface area contributed by atoms with Gasteiger partial charge in [0.15, 0.2) is 0 Å². The van der Waals surface area contributed by atoms with Gasteiger partial charge in [0.1, 0.15) is 0 Å². The van der Waals surface area contributed by atoms with E-state index in [0.29, 0.717) is 29.9 Å². The number of nitrogens with zero attached hydrogens (tertiary/aromatic N) is 1. The van der Waals surface area contributed by atoms with Crippen LogP contribution in [0, 0.1) is 3.57 Å². The van der Waals surface area contributed by atoms with Gasteiger partial charge in [0.2, 0.25) is 10.0 Å². The summed E-state index contributed by atoms with van der Waals surface area (Å²) in [6, 6.07) is 14.2. The summed E-state index contributed by atoms with van der Waals surface area (Å²) in [5.41, 5.74) is 1.88. The highest BCUT2D eigenvalue weighted by molar-refractivity contribution is 14.1. The number of hydrogen-bond donors (Lipinski definition) is 1. The molecule has 0 spiro atoms. The molecule has 1 aliphatic heterocycles. The molecule has 1 N–H and O–H groups in total. The number of halogens is 1. The van der Waals surface area contributed by atoms with Gasteiger partial charge in [-0.2, -0.15) is 0 Å². The molecular formula is C16H15IN2O3S.